The first-order valence-corrected chi connectivity index (χ1v) is 6.22. The van der Waals surface area contributed by atoms with Crippen molar-refractivity contribution in [3.8, 4) is 0 Å². The van der Waals surface area contributed by atoms with Crippen LogP contribution in [0.25, 0.3) is 0 Å². The summed E-state index contributed by atoms with van der Waals surface area (Å²) in [6, 6.07) is 9.92. The minimum atomic E-state index is -0.0935. The monoisotopic (exact) mass is 233 g/mol. The van der Waals surface area contributed by atoms with Crippen LogP contribution in [-0.4, -0.2) is 12.0 Å². The molecule has 0 unspecified atom stereocenters. The highest BCUT2D eigenvalue weighted by Crippen LogP contribution is 2.24. The van der Waals surface area contributed by atoms with Gasteiger partial charge in [0, 0.05) is 6.04 Å². The Morgan fingerprint density at radius 3 is 2.76 bits per heavy atom. The van der Waals surface area contributed by atoms with Gasteiger partial charge in [0.1, 0.15) is 6.61 Å². The summed E-state index contributed by atoms with van der Waals surface area (Å²) in [5.74, 6) is -0.0912. The first-order valence-electron chi connectivity index (χ1n) is 6.22. The van der Waals surface area contributed by atoms with Gasteiger partial charge in [0.05, 0.1) is 5.92 Å². The summed E-state index contributed by atoms with van der Waals surface area (Å²) in [5.41, 5.74) is 6.89. The van der Waals surface area contributed by atoms with Crippen LogP contribution >= 0.6 is 0 Å². The first-order chi connectivity index (χ1) is 8.25. The molecule has 17 heavy (non-hydrogen) atoms. The summed E-state index contributed by atoms with van der Waals surface area (Å²) in [4.78, 5) is 11.8. The molecule has 2 rings (SSSR count). The third-order valence-corrected chi connectivity index (χ3v) is 3.27. The van der Waals surface area contributed by atoms with E-state index in [9.17, 15) is 4.79 Å². The Morgan fingerprint density at radius 1 is 1.29 bits per heavy atom. The molecule has 2 N–H and O–H groups in total. The van der Waals surface area contributed by atoms with Crippen LogP contribution in [0.2, 0.25) is 0 Å². The van der Waals surface area contributed by atoms with E-state index in [-0.39, 0.29) is 17.9 Å². The summed E-state index contributed by atoms with van der Waals surface area (Å²) in [6.45, 7) is 0.366. The van der Waals surface area contributed by atoms with E-state index in [0.717, 1.165) is 31.2 Å². The number of esters is 1. The number of nitrogens with two attached hydrogens (primary N) is 1. The highest BCUT2D eigenvalue weighted by molar-refractivity contribution is 5.72. The SMILES string of the molecule is N[C@H]1CCC[C@@H](C(=O)OCc2ccccc2)C1. The van der Waals surface area contributed by atoms with Gasteiger partial charge in [0.15, 0.2) is 0 Å². The zero-order chi connectivity index (χ0) is 12.1. The van der Waals surface area contributed by atoms with Crippen LogP contribution in [0.1, 0.15) is 31.2 Å². The van der Waals surface area contributed by atoms with Crippen LogP contribution in [0.4, 0.5) is 0 Å². The summed E-state index contributed by atoms with van der Waals surface area (Å²) >= 11 is 0. The normalized spacial score (nSPS) is 24.3. The minimum Gasteiger partial charge on any atom is -0.461 e. The second kappa shape index (κ2) is 5.82. The Bertz CT molecular complexity index is 364. The summed E-state index contributed by atoms with van der Waals surface area (Å²) in [5, 5.41) is 0. The molecule has 0 heterocycles. The molecule has 3 heteroatoms. The lowest BCUT2D eigenvalue weighted by molar-refractivity contribution is -0.151. The lowest BCUT2D eigenvalue weighted by atomic mass is 9.86. The smallest absolute Gasteiger partial charge is 0.309 e. The van der Waals surface area contributed by atoms with Crippen molar-refractivity contribution in [3.05, 3.63) is 35.9 Å². The van der Waals surface area contributed by atoms with Crippen molar-refractivity contribution in [3.63, 3.8) is 0 Å². The Morgan fingerprint density at radius 2 is 2.06 bits per heavy atom. The number of benzene rings is 1. The topological polar surface area (TPSA) is 52.3 Å². The van der Waals surface area contributed by atoms with Crippen LogP contribution in [0.3, 0.4) is 0 Å². The highest BCUT2D eigenvalue weighted by Gasteiger charge is 2.26. The van der Waals surface area contributed by atoms with Gasteiger partial charge in [-0.3, -0.25) is 4.79 Å². The fourth-order valence-corrected chi connectivity index (χ4v) is 2.29. The molecule has 0 radical (unpaired) electrons. The van der Waals surface area contributed by atoms with Gasteiger partial charge < -0.3 is 10.5 Å². The van der Waals surface area contributed by atoms with Crippen molar-refractivity contribution in [1.82, 2.24) is 0 Å². The maximum atomic E-state index is 11.8. The van der Waals surface area contributed by atoms with Crippen molar-refractivity contribution in [2.45, 2.75) is 38.3 Å². The van der Waals surface area contributed by atoms with E-state index >= 15 is 0 Å². The van der Waals surface area contributed by atoms with E-state index in [1.807, 2.05) is 30.3 Å². The number of hydrogen-bond donors (Lipinski definition) is 1. The Balaban J connectivity index is 1.81. The summed E-state index contributed by atoms with van der Waals surface area (Å²) < 4.78 is 5.32. The minimum absolute atomic E-state index is 0.00228. The molecule has 0 aromatic heterocycles. The van der Waals surface area contributed by atoms with Crippen molar-refractivity contribution < 1.29 is 9.53 Å². The number of hydrogen-bond acceptors (Lipinski definition) is 3. The molecule has 3 nitrogen and oxygen atoms in total. The van der Waals surface area contributed by atoms with Crippen molar-refractivity contribution >= 4 is 5.97 Å². The predicted molar refractivity (Wildman–Crippen MR) is 66.2 cm³/mol. The predicted octanol–water partition coefficient (Wildman–Crippen LogP) is 2.25. The number of carbonyl (C=O) groups is 1. The zero-order valence-corrected chi connectivity index (χ0v) is 9.97. The number of rotatable bonds is 3. The van der Waals surface area contributed by atoms with Crippen molar-refractivity contribution in [2.24, 2.45) is 11.7 Å². The van der Waals surface area contributed by atoms with Gasteiger partial charge in [-0.15, -0.1) is 0 Å². The highest BCUT2D eigenvalue weighted by atomic mass is 16.5. The second-order valence-corrected chi connectivity index (χ2v) is 4.72. The van der Waals surface area contributed by atoms with Crippen LogP contribution < -0.4 is 5.73 Å². The van der Waals surface area contributed by atoms with Gasteiger partial charge >= 0.3 is 5.97 Å². The third kappa shape index (κ3) is 3.56. The number of ether oxygens (including phenoxy) is 1. The molecule has 1 aromatic carbocycles. The van der Waals surface area contributed by atoms with Crippen molar-refractivity contribution in [2.75, 3.05) is 0 Å². The molecule has 0 aliphatic heterocycles. The van der Waals surface area contributed by atoms with Crippen LogP contribution in [0, 0.1) is 5.92 Å². The van der Waals surface area contributed by atoms with Crippen LogP contribution in [-0.2, 0) is 16.1 Å². The molecule has 1 aliphatic rings. The zero-order valence-electron chi connectivity index (χ0n) is 9.97. The van der Waals surface area contributed by atoms with Gasteiger partial charge in [-0.25, -0.2) is 0 Å². The fraction of sp³-hybridized carbons (Fsp3) is 0.500. The largest absolute Gasteiger partial charge is 0.461 e. The molecule has 1 aromatic rings. The van der Waals surface area contributed by atoms with Gasteiger partial charge in [0.2, 0.25) is 0 Å². The molecule has 2 atom stereocenters. The molecule has 1 aliphatic carbocycles. The molecule has 0 spiro atoms. The summed E-state index contributed by atoms with van der Waals surface area (Å²) in [6.07, 6.45) is 3.75. The Labute approximate surface area is 102 Å². The molecule has 0 bridgehead atoms. The van der Waals surface area contributed by atoms with Gasteiger partial charge in [-0.05, 0) is 24.8 Å². The molecule has 0 saturated heterocycles. The standard InChI is InChI=1S/C14H19NO2/c15-13-8-4-7-12(9-13)14(16)17-10-11-5-2-1-3-6-11/h1-3,5-6,12-13H,4,7-10,15H2/t12-,13+/m1/s1. The lowest BCUT2D eigenvalue weighted by Crippen LogP contribution is -2.32. The van der Waals surface area contributed by atoms with E-state index in [1.54, 1.807) is 0 Å². The van der Waals surface area contributed by atoms with E-state index in [0.29, 0.717) is 6.61 Å². The fourth-order valence-electron chi connectivity index (χ4n) is 2.29. The molecular weight excluding hydrogens is 214 g/mol. The molecular formula is C14H19NO2. The molecule has 1 fully saturated rings. The quantitative estimate of drug-likeness (QED) is 0.815. The average Bonchev–Trinajstić information content (AvgIpc) is 2.37. The van der Waals surface area contributed by atoms with E-state index in [2.05, 4.69) is 0 Å². The molecule has 0 amide bonds. The van der Waals surface area contributed by atoms with E-state index < -0.39 is 0 Å². The van der Waals surface area contributed by atoms with Crippen LogP contribution in [0.15, 0.2) is 30.3 Å². The van der Waals surface area contributed by atoms with Crippen LogP contribution in [0.5, 0.6) is 0 Å². The number of carbonyl (C=O) groups excluding carboxylic acids is 1. The first kappa shape index (κ1) is 12.1. The van der Waals surface area contributed by atoms with Gasteiger partial charge in [0.25, 0.3) is 0 Å². The Kier molecular flexibility index (Phi) is 4.15. The second-order valence-electron chi connectivity index (χ2n) is 4.72. The van der Waals surface area contributed by atoms with E-state index in [1.165, 1.54) is 0 Å². The third-order valence-electron chi connectivity index (χ3n) is 3.27. The lowest BCUT2D eigenvalue weighted by Gasteiger charge is -2.24. The van der Waals surface area contributed by atoms with E-state index in [4.69, 9.17) is 10.5 Å². The molecule has 92 valence electrons. The van der Waals surface area contributed by atoms with Gasteiger partial charge in [-0.1, -0.05) is 36.8 Å². The maximum Gasteiger partial charge on any atom is 0.309 e. The Hall–Kier alpha value is -1.35. The van der Waals surface area contributed by atoms with Gasteiger partial charge in [-0.2, -0.15) is 0 Å². The maximum absolute atomic E-state index is 11.8. The summed E-state index contributed by atoms with van der Waals surface area (Å²) in [7, 11) is 0. The van der Waals surface area contributed by atoms with Crippen molar-refractivity contribution in [1.29, 1.82) is 0 Å². The molecule has 1 saturated carbocycles. The average molecular weight is 233 g/mol.